The number of aromatic nitrogens is 2. The van der Waals surface area contributed by atoms with Crippen LogP contribution in [0.25, 0.3) is 5.69 Å². The summed E-state index contributed by atoms with van der Waals surface area (Å²) in [7, 11) is 1.67. The summed E-state index contributed by atoms with van der Waals surface area (Å²) in [6.07, 6.45) is 3.58. The van der Waals surface area contributed by atoms with Gasteiger partial charge in [0, 0.05) is 36.6 Å². The molecular weight excluding hydrogens is 334 g/mol. The number of nitro benzene ring substituents is 1. The van der Waals surface area contributed by atoms with Gasteiger partial charge in [0.25, 0.3) is 5.69 Å². The van der Waals surface area contributed by atoms with E-state index in [4.69, 9.17) is 0 Å². The zero-order valence-electron chi connectivity index (χ0n) is 14.1. The normalized spacial score (nSPS) is 10.3. The Hall–Kier alpha value is -3.68. The van der Waals surface area contributed by atoms with Crippen LogP contribution in [0.2, 0.25) is 0 Å². The Bertz CT molecular complexity index is 906. The molecular formula is C18H17N5O3. The number of nitrogens with zero attached hydrogens (tertiary/aromatic N) is 4. The number of benzene rings is 2. The molecule has 0 saturated carbocycles. The Morgan fingerprint density at radius 1 is 1.19 bits per heavy atom. The quantitative estimate of drug-likeness (QED) is 0.563. The Morgan fingerprint density at radius 2 is 1.88 bits per heavy atom. The summed E-state index contributed by atoms with van der Waals surface area (Å²) in [5.41, 5.74) is 2.30. The molecule has 1 N–H and O–H groups in total. The van der Waals surface area contributed by atoms with Gasteiger partial charge in [0.05, 0.1) is 23.4 Å². The molecule has 3 rings (SSSR count). The molecule has 8 nitrogen and oxygen atoms in total. The number of hydrogen-bond acceptors (Lipinski definition) is 4. The highest BCUT2D eigenvalue weighted by atomic mass is 16.6. The van der Waals surface area contributed by atoms with E-state index in [0.29, 0.717) is 12.2 Å². The fourth-order valence-corrected chi connectivity index (χ4v) is 2.39. The predicted octanol–water partition coefficient (Wildman–Crippen LogP) is 3.44. The van der Waals surface area contributed by atoms with Crippen molar-refractivity contribution >= 4 is 17.4 Å². The van der Waals surface area contributed by atoms with Crippen molar-refractivity contribution in [3.63, 3.8) is 0 Å². The van der Waals surface area contributed by atoms with Crippen LogP contribution in [0.15, 0.2) is 67.0 Å². The zero-order valence-corrected chi connectivity index (χ0v) is 14.1. The van der Waals surface area contributed by atoms with Crippen molar-refractivity contribution in [3.8, 4) is 5.69 Å². The standard InChI is InChI=1S/C18H17N5O3/c1-21(18(24)20-15-7-9-17(10-8-15)23(25)26)12-14-11-19-22(13-14)16-5-3-2-4-6-16/h2-11,13H,12H2,1H3,(H,20,24). The van der Waals surface area contributed by atoms with Crippen LogP contribution in [0, 0.1) is 10.1 Å². The van der Waals surface area contributed by atoms with Crippen LogP contribution in [0.4, 0.5) is 16.2 Å². The lowest BCUT2D eigenvalue weighted by Gasteiger charge is -2.17. The maximum atomic E-state index is 12.3. The number of urea groups is 1. The van der Waals surface area contributed by atoms with E-state index in [1.54, 1.807) is 17.9 Å². The predicted molar refractivity (Wildman–Crippen MR) is 97.1 cm³/mol. The van der Waals surface area contributed by atoms with E-state index in [-0.39, 0.29) is 11.7 Å². The van der Waals surface area contributed by atoms with Crippen LogP contribution in [-0.4, -0.2) is 32.7 Å². The fourth-order valence-electron chi connectivity index (χ4n) is 2.39. The molecule has 0 spiro atoms. The molecule has 0 unspecified atom stereocenters. The number of carbonyl (C=O) groups excluding carboxylic acids is 1. The molecule has 26 heavy (non-hydrogen) atoms. The van der Waals surface area contributed by atoms with Crippen molar-refractivity contribution in [2.75, 3.05) is 12.4 Å². The Balaban J connectivity index is 1.61. The summed E-state index contributed by atoms with van der Waals surface area (Å²) in [4.78, 5) is 23.9. The van der Waals surface area contributed by atoms with Crippen LogP contribution in [0.5, 0.6) is 0 Å². The first-order chi connectivity index (χ1) is 12.5. The van der Waals surface area contributed by atoms with Crippen molar-refractivity contribution in [2.24, 2.45) is 0 Å². The second-order valence-corrected chi connectivity index (χ2v) is 5.72. The van der Waals surface area contributed by atoms with Gasteiger partial charge in [-0.05, 0) is 24.3 Å². The summed E-state index contributed by atoms with van der Waals surface area (Å²) >= 11 is 0. The third kappa shape index (κ3) is 4.04. The number of amides is 2. The van der Waals surface area contributed by atoms with Gasteiger partial charge in [-0.15, -0.1) is 0 Å². The third-order valence-electron chi connectivity index (χ3n) is 3.75. The van der Waals surface area contributed by atoms with Gasteiger partial charge in [-0.3, -0.25) is 10.1 Å². The molecule has 2 amide bonds. The van der Waals surface area contributed by atoms with Gasteiger partial charge in [-0.2, -0.15) is 5.10 Å². The maximum Gasteiger partial charge on any atom is 0.321 e. The molecule has 0 atom stereocenters. The van der Waals surface area contributed by atoms with Gasteiger partial charge >= 0.3 is 6.03 Å². The molecule has 1 aromatic heterocycles. The van der Waals surface area contributed by atoms with E-state index in [9.17, 15) is 14.9 Å². The largest absolute Gasteiger partial charge is 0.323 e. The van der Waals surface area contributed by atoms with Crippen molar-refractivity contribution in [1.82, 2.24) is 14.7 Å². The number of nitro groups is 1. The highest BCUT2D eigenvalue weighted by Gasteiger charge is 2.12. The van der Waals surface area contributed by atoms with Crippen LogP contribution in [0.3, 0.4) is 0 Å². The van der Waals surface area contributed by atoms with Crippen LogP contribution < -0.4 is 5.32 Å². The average Bonchev–Trinajstić information content (AvgIpc) is 3.11. The van der Waals surface area contributed by atoms with Gasteiger partial charge in [0.15, 0.2) is 0 Å². The van der Waals surface area contributed by atoms with E-state index in [2.05, 4.69) is 10.4 Å². The van der Waals surface area contributed by atoms with Crippen LogP contribution >= 0.6 is 0 Å². The summed E-state index contributed by atoms with van der Waals surface area (Å²) < 4.78 is 1.75. The highest BCUT2D eigenvalue weighted by molar-refractivity contribution is 5.89. The number of hydrogen-bond donors (Lipinski definition) is 1. The van der Waals surface area contributed by atoms with Crippen molar-refractivity contribution < 1.29 is 9.72 Å². The minimum absolute atomic E-state index is 0.0234. The number of rotatable bonds is 5. The first-order valence-corrected chi connectivity index (χ1v) is 7.88. The molecule has 0 saturated heterocycles. The Morgan fingerprint density at radius 3 is 2.54 bits per heavy atom. The Labute approximate surface area is 149 Å². The average molecular weight is 351 g/mol. The molecule has 0 bridgehead atoms. The summed E-state index contributed by atoms with van der Waals surface area (Å²) in [5.74, 6) is 0. The van der Waals surface area contributed by atoms with E-state index in [1.807, 2.05) is 36.5 Å². The lowest BCUT2D eigenvalue weighted by atomic mass is 10.3. The summed E-state index contributed by atoms with van der Waals surface area (Å²) in [6.45, 7) is 0.381. The van der Waals surface area contributed by atoms with E-state index >= 15 is 0 Å². The van der Waals surface area contributed by atoms with Crippen LogP contribution in [-0.2, 0) is 6.54 Å². The number of anilines is 1. The molecule has 0 radical (unpaired) electrons. The van der Waals surface area contributed by atoms with Gasteiger partial charge in [0.1, 0.15) is 0 Å². The monoisotopic (exact) mass is 351 g/mol. The molecule has 2 aromatic carbocycles. The highest BCUT2D eigenvalue weighted by Crippen LogP contribution is 2.16. The topological polar surface area (TPSA) is 93.3 Å². The molecule has 0 aliphatic heterocycles. The number of carbonyl (C=O) groups is 1. The third-order valence-corrected chi connectivity index (χ3v) is 3.75. The molecule has 8 heteroatoms. The Kier molecular flexibility index (Phi) is 4.93. The van der Waals surface area contributed by atoms with Gasteiger partial charge < -0.3 is 10.2 Å². The van der Waals surface area contributed by atoms with E-state index in [0.717, 1.165) is 11.3 Å². The molecule has 0 aliphatic rings. The van der Waals surface area contributed by atoms with Gasteiger partial charge in [-0.1, -0.05) is 18.2 Å². The second-order valence-electron chi connectivity index (χ2n) is 5.72. The molecule has 3 aromatic rings. The zero-order chi connectivity index (χ0) is 18.5. The smallest absolute Gasteiger partial charge is 0.321 e. The lowest BCUT2D eigenvalue weighted by molar-refractivity contribution is -0.384. The van der Waals surface area contributed by atoms with E-state index in [1.165, 1.54) is 29.2 Å². The lowest BCUT2D eigenvalue weighted by Crippen LogP contribution is -2.30. The molecule has 0 fully saturated rings. The van der Waals surface area contributed by atoms with Crippen molar-refractivity contribution in [1.29, 1.82) is 0 Å². The van der Waals surface area contributed by atoms with Crippen molar-refractivity contribution in [2.45, 2.75) is 6.54 Å². The first kappa shape index (κ1) is 17.2. The number of para-hydroxylation sites is 1. The molecule has 132 valence electrons. The van der Waals surface area contributed by atoms with Crippen LogP contribution in [0.1, 0.15) is 5.56 Å². The van der Waals surface area contributed by atoms with Gasteiger partial charge in [-0.25, -0.2) is 9.48 Å². The maximum absolute atomic E-state index is 12.3. The van der Waals surface area contributed by atoms with Crippen molar-refractivity contribution in [3.05, 3.63) is 82.7 Å². The van der Waals surface area contributed by atoms with Gasteiger partial charge in [0.2, 0.25) is 0 Å². The fraction of sp³-hybridized carbons (Fsp3) is 0.111. The molecule has 1 heterocycles. The number of non-ortho nitro benzene ring substituents is 1. The SMILES string of the molecule is CN(Cc1cnn(-c2ccccc2)c1)C(=O)Nc1ccc([N+](=O)[O-])cc1. The summed E-state index contributed by atoms with van der Waals surface area (Å²) in [5, 5.41) is 17.7. The first-order valence-electron chi connectivity index (χ1n) is 7.88. The second kappa shape index (κ2) is 7.47. The number of nitrogens with one attached hydrogen (secondary N) is 1. The van der Waals surface area contributed by atoms with E-state index < -0.39 is 4.92 Å². The minimum atomic E-state index is -0.484. The minimum Gasteiger partial charge on any atom is -0.323 e. The molecule has 0 aliphatic carbocycles. The summed E-state index contributed by atoms with van der Waals surface area (Å²) in [6, 6.07) is 15.1.